The fourth-order valence-electron chi connectivity index (χ4n) is 3.58. The number of hydrogen-bond donors (Lipinski definition) is 1. The van der Waals surface area contributed by atoms with Gasteiger partial charge in [-0.05, 0) is 29.5 Å². The molecule has 0 fully saturated rings. The maximum atomic E-state index is 12.1. The molecule has 0 aliphatic heterocycles. The van der Waals surface area contributed by atoms with E-state index in [4.69, 9.17) is 0 Å². The summed E-state index contributed by atoms with van der Waals surface area (Å²) in [7, 11) is 0. The van der Waals surface area contributed by atoms with Crippen molar-refractivity contribution in [2.75, 3.05) is 0 Å². The first-order valence-electron chi connectivity index (χ1n) is 7.29. The van der Waals surface area contributed by atoms with Crippen LogP contribution in [0.3, 0.4) is 0 Å². The van der Waals surface area contributed by atoms with E-state index in [9.17, 15) is 4.79 Å². The molecule has 0 amide bonds. The highest BCUT2D eigenvalue weighted by Gasteiger charge is 2.32. The Morgan fingerprint density at radius 2 is 1.65 bits per heavy atom. The largest absolute Gasteiger partial charge is 0.303 e. The first-order chi connectivity index (χ1) is 9.83. The van der Waals surface area contributed by atoms with E-state index in [2.05, 4.69) is 35.6 Å². The van der Waals surface area contributed by atoms with Gasteiger partial charge in [-0.1, -0.05) is 48.5 Å². The Labute approximate surface area is 118 Å². The number of ketones is 1. The summed E-state index contributed by atoms with van der Waals surface area (Å²) in [6.07, 6.45) is 2.86. The highest BCUT2D eigenvalue weighted by Crippen LogP contribution is 2.37. The lowest BCUT2D eigenvalue weighted by atomic mass is 10.0. The minimum atomic E-state index is 0.176. The molecule has 2 aromatic carbocycles. The molecule has 0 saturated carbocycles. The van der Waals surface area contributed by atoms with Gasteiger partial charge in [-0.3, -0.25) is 4.79 Å². The average Bonchev–Trinajstić information content (AvgIpc) is 3.03. The van der Waals surface area contributed by atoms with Crippen molar-refractivity contribution in [3.05, 3.63) is 70.8 Å². The summed E-state index contributed by atoms with van der Waals surface area (Å²) in [6.45, 7) is 0. The topological polar surface area (TPSA) is 29.1 Å². The molecule has 2 aliphatic rings. The number of rotatable bonds is 2. The van der Waals surface area contributed by atoms with Crippen LogP contribution in [0.2, 0.25) is 0 Å². The molecule has 2 aromatic rings. The van der Waals surface area contributed by atoms with Crippen LogP contribution >= 0.6 is 0 Å². The van der Waals surface area contributed by atoms with E-state index in [1.165, 1.54) is 16.7 Å². The average molecular weight is 263 g/mol. The summed E-state index contributed by atoms with van der Waals surface area (Å²) < 4.78 is 0. The zero-order chi connectivity index (χ0) is 13.5. The molecule has 2 atom stereocenters. The third-order valence-electron chi connectivity index (χ3n) is 4.56. The number of aryl methyl sites for hydroxylation is 1. The van der Waals surface area contributed by atoms with E-state index in [0.717, 1.165) is 18.4 Å². The highest BCUT2D eigenvalue weighted by atomic mass is 16.1. The fourth-order valence-corrected chi connectivity index (χ4v) is 3.58. The van der Waals surface area contributed by atoms with Crippen molar-refractivity contribution in [2.45, 2.75) is 31.3 Å². The number of fused-ring (bicyclic) bond motifs is 2. The van der Waals surface area contributed by atoms with E-state index >= 15 is 0 Å². The Hall–Kier alpha value is -1.93. The van der Waals surface area contributed by atoms with Gasteiger partial charge in [-0.25, -0.2) is 0 Å². The number of Topliss-reactive ketones (excluding diaryl/α,β-unsaturated/α-hetero) is 1. The standard InChI is InChI=1S/C18H17NO/c20-18-11-17(14-7-3-4-8-15(14)18)19-16-10-9-12-5-1-2-6-13(12)16/h1-8,16-17,19H,9-11H2. The van der Waals surface area contributed by atoms with Crippen LogP contribution in [0, 0.1) is 0 Å². The van der Waals surface area contributed by atoms with Gasteiger partial charge in [0.2, 0.25) is 0 Å². The van der Waals surface area contributed by atoms with Gasteiger partial charge in [0.15, 0.2) is 5.78 Å². The van der Waals surface area contributed by atoms with Crippen LogP contribution in [0.4, 0.5) is 0 Å². The van der Waals surface area contributed by atoms with Crippen molar-refractivity contribution < 1.29 is 4.79 Å². The molecule has 0 saturated heterocycles. The minimum absolute atomic E-state index is 0.176. The maximum Gasteiger partial charge on any atom is 0.165 e. The second kappa shape index (κ2) is 4.57. The molecule has 2 nitrogen and oxygen atoms in total. The van der Waals surface area contributed by atoms with Crippen molar-refractivity contribution in [1.82, 2.24) is 5.32 Å². The zero-order valence-electron chi connectivity index (χ0n) is 11.3. The van der Waals surface area contributed by atoms with Crippen molar-refractivity contribution in [1.29, 1.82) is 0 Å². The van der Waals surface area contributed by atoms with E-state index in [1.807, 2.05) is 18.2 Å². The van der Waals surface area contributed by atoms with Crippen LogP contribution in [0.5, 0.6) is 0 Å². The maximum absolute atomic E-state index is 12.1. The molecule has 2 aliphatic carbocycles. The quantitative estimate of drug-likeness (QED) is 0.897. The highest BCUT2D eigenvalue weighted by molar-refractivity contribution is 6.01. The number of carbonyl (C=O) groups is 1. The van der Waals surface area contributed by atoms with Gasteiger partial charge in [-0.15, -0.1) is 0 Å². The Bertz CT molecular complexity index is 677. The summed E-state index contributed by atoms with van der Waals surface area (Å²) in [5.74, 6) is 0.268. The van der Waals surface area contributed by atoms with Gasteiger partial charge < -0.3 is 5.32 Å². The molecule has 0 heterocycles. The van der Waals surface area contributed by atoms with Crippen molar-refractivity contribution in [2.24, 2.45) is 0 Å². The van der Waals surface area contributed by atoms with Gasteiger partial charge in [0.1, 0.15) is 0 Å². The molecule has 1 N–H and O–H groups in total. The molecule has 2 unspecified atom stereocenters. The van der Waals surface area contributed by atoms with Gasteiger partial charge in [0.05, 0.1) is 0 Å². The van der Waals surface area contributed by atoms with Crippen LogP contribution in [0.1, 0.15) is 52.0 Å². The monoisotopic (exact) mass is 263 g/mol. The third-order valence-corrected chi connectivity index (χ3v) is 4.56. The SMILES string of the molecule is O=C1CC(NC2CCc3ccccc32)c2ccccc21. The lowest BCUT2D eigenvalue weighted by Crippen LogP contribution is -2.23. The molecule has 100 valence electrons. The first-order valence-corrected chi connectivity index (χ1v) is 7.29. The van der Waals surface area contributed by atoms with Crippen LogP contribution < -0.4 is 5.32 Å². The Kier molecular flexibility index (Phi) is 2.71. The van der Waals surface area contributed by atoms with Crippen LogP contribution in [0.25, 0.3) is 0 Å². The van der Waals surface area contributed by atoms with E-state index in [0.29, 0.717) is 12.5 Å². The molecular formula is C18H17NO. The van der Waals surface area contributed by atoms with E-state index in [1.54, 1.807) is 0 Å². The number of benzene rings is 2. The van der Waals surface area contributed by atoms with Crippen LogP contribution in [-0.4, -0.2) is 5.78 Å². The molecule has 0 aromatic heterocycles. The van der Waals surface area contributed by atoms with Gasteiger partial charge in [0.25, 0.3) is 0 Å². The van der Waals surface area contributed by atoms with Crippen LogP contribution in [0.15, 0.2) is 48.5 Å². The lowest BCUT2D eigenvalue weighted by Gasteiger charge is -2.20. The van der Waals surface area contributed by atoms with Crippen LogP contribution in [-0.2, 0) is 6.42 Å². The second-order valence-electron chi connectivity index (χ2n) is 5.72. The fraction of sp³-hybridized carbons (Fsp3) is 0.278. The summed E-state index contributed by atoms with van der Waals surface area (Å²) in [5, 5.41) is 3.70. The Balaban J connectivity index is 1.62. The number of nitrogens with one attached hydrogen (secondary N) is 1. The van der Waals surface area contributed by atoms with Crippen molar-refractivity contribution in [3.63, 3.8) is 0 Å². The normalized spacial score (nSPS) is 23.7. The molecule has 0 radical (unpaired) electrons. The molecule has 0 spiro atoms. The summed E-state index contributed by atoms with van der Waals surface area (Å²) in [4.78, 5) is 12.1. The lowest BCUT2D eigenvalue weighted by molar-refractivity contribution is 0.0984. The Morgan fingerprint density at radius 3 is 2.55 bits per heavy atom. The predicted molar refractivity (Wildman–Crippen MR) is 78.8 cm³/mol. The van der Waals surface area contributed by atoms with Crippen molar-refractivity contribution >= 4 is 5.78 Å². The smallest absolute Gasteiger partial charge is 0.165 e. The molecule has 0 bridgehead atoms. The van der Waals surface area contributed by atoms with Gasteiger partial charge in [-0.2, -0.15) is 0 Å². The first kappa shape index (κ1) is 11.9. The van der Waals surface area contributed by atoms with E-state index in [-0.39, 0.29) is 11.8 Å². The molecule has 20 heavy (non-hydrogen) atoms. The Morgan fingerprint density at radius 1 is 0.900 bits per heavy atom. The summed E-state index contributed by atoms with van der Waals surface area (Å²) in [5.41, 5.74) is 4.92. The van der Waals surface area contributed by atoms with Crippen molar-refractivity contribution in [3.8, 4) is 0 Å². The summed E-state index contributed by atoms with van der Waals surface area (Å²) in [6, 6.07) is 17.2. The van der Waals surface area contributed by atoms with E-state index < -0.39 is 0 Å². The molecule has 4 rings (SSSR count). The number of carbonyl (C=O) groups excluding carboxylic acids is 1. The summed E-state index contributed by atoms with van der Waals surface area (Å²) >= 11 is 0. The molecule has 2 heteroatoms. The van der Waals surface area contributed by atoms with Gasteiger partial charge >= 0.3 is 0 Å². The zero-order valence-corrected chi connectivity index (χ0v) is 11.3. The van der Waals surface area contributed by atoms with Gasteiger partial charge in [0, 0.05) is 24.1 Å². The predicted octanol–water partition coefficient (Wildman–Crippen LogP) is 3.59. The second-order valence-corrected chi connectivity index (χ2v) is 5.72. The minimum Gasteiger partial charge on any atom is -0.303 e. The number of hydrogen-bond acceptors (Lipinski definition) is 2. The third kappa shape index (κ3) is 1.80. The molecular weight excluding hydrogens is 246 g/mol.